The molecule has 1 saturated heterocycles. The van der Waals surface area contributed by atoms with E-state index in [9.17, 15) is 18.0 Å². The number of nitrogens with one attached hydrogen (secondary N) is 2. The number of halogens is 3. The van der Waals surface area contributed by atoms with E-state index in [-0.39, 0.29) is 11.7 Å². The van der Waals surface area contributed by atoms with Gasteiger partial charge in [0.05, 0.1) is 23.7 Å². The fraction of sp³-hybridized carbons (Fsp3) is 0.471. The third-order valence-electron chi connectivity index (χ3n) is 4.20. The quantitative estimate of drug-likeness (QED) is 0.754. The first-order valence-electron chi connectivity index (χ1n) is 8.56. The fourth-order valence-corrected chi connectivity index (χ4v) is 3.59. The van der Waals surface area contributed by atoms with Crippen molar-refractivity contribution in [2.45, 2.75) is 36.9 Å². The van der Waals surface area contributed by atoms with Crippen LogP contribution in [0.2, 0.25) is 0 Å². The van der Waals surface area contributed by atoms with Gasteiger partial charge in [-0.25, -0.2) is 4.68 Å². The van der Waals surface area contributed by atoms with Gasteiger partial charge in [0, 0.05) is 4.90 Å². The van der Waals surface area contributed by atoms with Crippen molar-refractivity contribution in [3.05, 3.63) is 35.7 Å². The van der Waals surface area contributed by atoms with Gasteiger partial charge in [-0.1, -0.05) is 11.3 Å². The standard InChI is InChI=1S/C17H20F3N5OS/c1-11-2-3-15(27-10-17(18,19)20)13(8-11)22-16(26)14-9-25(24-23-14)12-4-6-21-7-5-12/h2-3,8-9,12,21H,4-7,10H2,1H3,(H,22,26). The number of aryl methyl sites for hydroxylation is 1. The van der Waals surface area contributed by atoms with Crippen LogP contribution in [0.4, 0.5) is 18.9 Å². The number of hydrogen-bond acceptors (Lipinski definition) is 5. The third kappa shape index (κ3) is 5.46. The summed E-state index contributed by atoms with van der Waals surface area (Å²) in [4.78, 5) is 12.9. The van der Waals surface area contributed by atoms with Gasteiger partial charge in [-0.15, -0.1) is 16.9 Å². The first kappa shape index (κ1) is 19.7. The van der Waals surface area contributed by atoms with Gasteiger partial charge in [-0.3, -0.25) is 4.79 Å². The Balaban J connectivity index is 1.72. The summed E-state index contributed by atoms with van der Waals surface area (Å²) in [5.41, 5.74) is 1.31. The highest BCUT2D eigenvalue weighted by molar-refractivity contribution is 7.99. The monoisotopic (exact) mass is 399 g/mol. The van der Waals surface area contributed by atoms with Crippen LogP contribution in [0.3, 0.4) is 0 Å². The Morgan fingerprint density at radius 2 is 2.11 bits per heavy atom. The molecule has 1 aromatic carbocycles. The number of carbonyl (C=O) groups is 1. The number of thioether (sulfide) groups is 1. The van der Waals surface area contributed by atoms with Crippen molar-refractivity contribution in [2.75, 3.05) is 24.2 Å². The van der Waals surface area contributed by atoms with E-state index in [4.69, 9.17) is 0 Å². The van der Waals surface area contributed by atoms with Crippen molar-refractivity contribution in [3.8, 4) is 0 Å². The Hall–Kier alpha value is -2.07. The van der Waals surface area contributed by atoms with Crippen molar-refractivity contribution in [1.29, 1.82) is 0 Å². The SMILES string of the molecule is Cc1ccc(SCC(F)(F)F)c(NC(=O)c2cn(C3CCNCC3)nn2)c1. The molecule has 10 heteroatoms. The summed E-state index contributed by atoms with van der Waals surface area (Å²) in [6.07, 6.45) is -0.890. The zero-order chi connectivity index (χ0) is 19.4. The average molecular weight is 399 g/mol. The summed E-state index contributed by atoms with van der Waals surface area (Å²) in [6, 6.07) is 5.13. The minimum atomic E-state index is -4.28. The lowest BCUT2D eigenvalue weighted by atomic mass is 10.1. The Morgan fingerprint density at radius 1 is 1.37 bits per heavy atom. The highest BCUT2D eigenvalue weighted by Gasteiger charge is 2.28. The van der Waals surface area contributed by atoms with Gasteiger partial charge in [0.2, 0.25) is 0 Å². The molecule has 6 nitrogen and oxygen atoms in total. The first-order valence-corrected chi connectivity index (χ1v) is 9.54. The molecule has 1 aliphatic heterocycles. The van der Waals surface area contributed by atoms with Gasteiger partial charge in [-0.2, -0.15) is 13.2 Å². The highest BCUT2D eigenvalue weighted by Crippen LogP contribution is 2.33. The number of alkyl halides is 3. The molecule has 1 aliphatic rings. The van der Waals surface area contributed by atoms with Crippen LogP contribution in [-0.2, 0) is 0 Å². The maximum Gasteiger partial charge on any atom is 0.398 e. The molecule has 1 aromatic heterocycles. The maximum absolute atomic E-state index is 12.5. The molecule has 0 spiro atoms. The van der Waals surface area contributed by atoms with Crippen molar-refractivity contribution in [3.63, 3.8) is 0 Å². The molecule has 2 aromatic rings. The normalized spacial score (nSPS) is 15.7. The predicted octanol–water partition coefficient (Wildman–Crippen LogP) is 3.42. The summed E-state index contributed by atoms with van der Waals surface area (Å²) < 4.78 is 39.3. The number of amides is 1. The highest BCUT2D eigenvalue weighted by atomic mass is 32.2. The minimum absolute atomic E-state index is 0.141. The van der Waals surface area contributed by atoms with Crippen molar-refractivity contribution >= 4 is 23.4 Å². The van der Waals surface area contributed by atoms with Crippen LogP contribution in [0.5, 0.6) is 0 Å². The van der Waals surface area contributed by atoms with Gasteiger partial charge in [0.15, 0.2) is 5.69 Å². The van der Waals surface area contributed by atoms with Crippen LogP contribution < -0.4 is 10.6 Å². The Morgan fingerprint density at radius 3 is 2.81 bits per heavy atom. The van der Waals surface area contributed by atoms with E-state index in [1.807, 2.05) is 0 Å². The first-order chi connectivity index (χ1) is 12.8. The molecule has 0 bridgehead atoms. The largest absolute Gasteiger partial charge is 0.398 e. The third-order valence-corrected chi connectivity index (χ3v) is 5.34. The molecule has 3 rings (SSSR count). The van der Waals surface area contributed by atoms with Crippen molar-refractivity contribution in [2.24, 2.45) is 0 Å². The van der Waals surface area contributed by atoms with Crippen molar-refractivity contribution < 1.29 is 18.0 Å². The second kappa shape index (κ2) is 8.30. The van der Waals surface area contributed by atoms with Crippen LogP contribution in [-0.4, -0.2) is 45.9 Å². The van der Waals surface area contributed by atoms with Crippen molar-refractivity contribution in [1.82, 2.24) is 20.3 Å². The second-order valence-electron chi connectivity index (χ2n) is 6.42. The van der Waals surface area contributed by atoms with Crippen LogP contribution in [0.1, 0.15) is 34.9 Å². The van der Waals surface area contributed by atoms with E-state index in [0.29, 0.717) is 22.3 Å². The number of piperidine rings is 1. The summed E-state index contributed by atoms with van der Waals surface area (Å²) in [5.74, 6) is -1.51. The molecule has 2 heterocycles. The van der Waals surface area contributed by atoms with Crippen LogP contribution in [0.15, 0.2) is 29.3 Å². The molecule has 27 heavy (non-hydrogen) atoms. The van der Waals surface area contributed by atoms with Gasteiger partial charge in [0.1, 0.15) is 0 Å². The lowest BCUT2D eigenvalue weighted by molar-refractivity contribution is -0.105. The lowest BCUT2D eigenvalue weighted by Crippen LogP contribution is -2.29. The molecule has 0 atom stereocenters. The second-order valence-corrected chi connectivity index (χ2v) is 7.44. The molecule has 146 valence electrons. The number of nitrogens with zero attached hydrogens (tertiary/aromatic N) is 3. The predicted molar refractivity (Wildman–Crippen MR) is 97.1 cm³/mol. The Labute approximate surface area is 158 Å². The van der Waals surface area contributed by atoms with E-state index < -0.39 is 17.8 Å². The number of aromatic nitrogens is 3. The van der Waals surface area contributed by atoms with E-state index in [1.54, 1.807) is 36.0 Å². The van der Waals surface area contributed by atoms with Gasteiger partial charge in [0.25, 0.3) is 5.91 Å². The van der Waals surface area contributed by atoms with Crippen LogP contribution in [0, 0.1) is 6.92 Å². The molecule has 0 unspecified atom stereocenters. The Bertz CT molecular complexity index is 802. The molecular formula is C17H20F3N5OS. The summed E-state index contributed by atoms with van der Waals surface area (Å²) in [6.45, 7) is 3.57. The molecule has 0 saturated carbocycles. The topological polar surface area (TPSA) is 71.8 Å². The number of carbonyl (C=O) groups excluding carboxylic acids is 1. The average Bonchev–Trinajstić information content (AvgIpc) is 3.11. The van der Waals surface area contributed by atoms with E-state index in [1.165, 1.54) is 0 Å². The number of hydrogen-bond donors (Lipinski definition) is 2. The minimum Gasteiger partial charge on any atom is -0.319 e. The summed E-state index contributed by atoms with van der Waals surface area (Å²) >= 11 is 0.640. The Kier molecular flexibility index (Phi) is 6.05. The lowest BCUT2D eigenvalue weighted by Gasteiger charge is -2.22. The molecule has 0 aliphatic carbocycles. The molecule has 2 N–H and O–H groups in total. The molecular weight excluding hydrogens is 379 g/mol. The molecule has 1 amide bonds. The zero-order valence-electron chi connectivity index (χ0n) is 14.7. The van der Waals surface area contributed by atoms with Gasteiger partial charge in [-0.05, 0) is 50.6 Å². The fourth-order valence-electron chi connectivity index (χ4n) is 2.84. The van der Waals surface area contributed by atoms with Crippen LogP contribution in [0.25, 0.3) is 0 Å². The number of benzene rings is 1. The molecule has 1 fully saturated rings. The smallest absolute Gasteiger partial charge is 0.319 e. The van der Waals surface area contributed by atoms with Crippen LogP contribution >= 0.6 is 11.8 Å². The summed E-state index contributed by atoms with van der Waals surface area (Å²) in [7, 11) is 0. The van der Waals surface area contributed by atoms with Gasteiger partial charge >= 0.3 is 6.18 Å². The van der Waals surface area contributed by atoms with E-state index >= 15 is 0 Å². The number of rotatable bonds is 5. The molecule has 0 radical (unpaired) electrons. The zero-order valence-corrected chi connectivity index (χ0v) is 15.5. The number of anilines is 1. The van der Waals surface area contributed by atoms with Gasteiger partial charge < -0.3 is 10.6 Å². The summed E-state index contributed by atoms with van der Waals surface area (Å²) in [5, 5.41) is 13.9. The maximum atomic E-state index is 12.5. The van der Waals surface area contributed by atoms with E-state index in [2.05, 4.69) is 20.9 Å². The van der Waals surface area contributed by atoms with E-state index in [0.717, 1.165) is 31.5 Å².